The third-order valence-electron chi connectivity index (χ3n) is 9.00. The number of hydrogen-bond donors (Lipinski definition) is 1. The molecule has 0 aliphatic heterocycles. The number of rotatable bonds is 39. The lowest BCUT2D eigenvalue weighted by Crippen LogP contribution is -2.37. The second-order valence-corrected chi connectivity index (χ2v) is 17.2. The predicted octanol–water partition coefficient (Wildman–Crippen LogP) is 12.5. The molecule has 0 amide bonds. The molecular formula is C46H83NO8P+. The first-order chi connectivity index (χ1) is 27.0. The lowest BCUT2D eigenvalue weighted by Gasteiger charge is -2.24. The molecule has 0 fully saturated rings. The summed E-state index contributed by atoms with van der Waals surface area (Å²) in [5, 5.41) is 0. The fraction of sp³-hybridized carbons (Fsp3) is 0.739. The number of phosphoric ester groups is 1. The lowest BCUT2D eigenvalue weighted by molar-refractivity contribution is -0.870. The summed E-state index contributed by atoms with van der Waals surface area (Å²) in [5.41, 5.74) is 0. The van der Waals surface area contributed by atoms with Crippen molar-refractivity contribution in [2.75, 3.05) is 47.5 Å². The maximum Gasteiger partial charge on any atom is 0.472 e. The molecule has 0 heterocycles. The first-order valence-electron chi connectivity index (χ1n) is 22.0. The van der Waals surface area contributed by atoms with Crippen LogP contribution in [0.2, 0.25) is 0 Å². The largest absolute Gasteiger partial charge is 0.472 e. The van der Waals surface area contributed by atoms with Crippen molar-refractivity contribution in [3.8, 4) is 0 Å². The molecule has 56 heavy (non-hydrogen) atoms. The van der Waals surface area contributed by atoms with Crippen molar-refractivity contribution in [3.63, 3.8) is 0 Å². The van der Waals surface area contributed by atoms with Crippen LogP contribution in [0.15, 0.2) is 60.8 Å². The van der Waals surface area contributed by atoms with Gasteiger partial charge in [0.1, 0.15) is 19.8 Å². The van der Waals surface area contributed by atoms with Gasteiger partial charge in [-0.15, -0.1) is 0 Å². The van der Waals surface area contributed by atoms with E-state index in [2.05, 4.69) is 74.6 Å². The van der Waals surface area contributed by atoms with E-state index in [1.807, 2.05) is 21.1 Å². The number of nitrogens with zero attached hydrogens (tertiary/aromatic N) is 1. The second-order valence-electron chi connectivity index (χ2n) is 15.7. The van der Waals surface area contributed by atoms with E-state index < -0.39 is 32.5 Å². The molecule has 0 spiro atoms. The van der Waals surface area contributed by atoms with Gasteiger partial charge < -0.3 is 18.9 Å². The maximum atomic E-state index is 12.7. The van der Waals surface area contributed by atoms with E-state index in [1.54, 1.807) is 0 Å². The van der Waals surface area contributed by atoms with Crippen LogP contribution < -0.4 is 0 Å². The van der Waals surface area contributed by atoms with E-state index in [4.69, 9.17) is 18.5 Å². The SMILES string of the molecule is CCC/C=C/C/C=C/C/C=C/C/C=C/CCCCCC(=O)OC[C@H](COP(=O)(O)OCC[N+](C)(C)C)OC(=O)CCCCCCC/C=C/CCCCCCCC. The lowest BCUT2D eigenvalue weighted by atomic mass is 10.1. The Balaban J connectivity index is 4.44. The number of ether oxygens (including phenoxy) is 2. The van der Waals surface area contributed by atoms with Gasteiger partial charge in [-0.05, 0) is 77.0 Å². The monoisotopic (exact) mass is 809 g/mol. The summed E-state index contributed by atoms with van der Waals surface area (Å²) in [6.45, 7) is 4.29. The highest BCUT2D eigenvalue weighted by atomic mass is 31.2. The summed E-state index contributed by atoms with van der Waals surface area (Å²) < 4.78 is 34.3. The highest BCUT2D eigenvalue weighted by Gasteiger charge is 2.27. The molecule has 1 N–H and O–H groups in total. The van der Waals surface area contributed by atoms with Gasteiger partial charge in [-0.1, -0.05) is 139 Å². The van der Waals surface area contributed by atoms with Crippen LogP contribution in [0.5, 0.6) is 0 Å². The number of quaternary nitrogens is 1. The first kappa shape index (κ1) is 53.7. The van der Waals surface area contributed by atoms with Gasteiger partial charge in [0.25, 0.3) is 0 Å². The number of likely N-dealkylation sites (N-methyl/N-ethyl adjacent to an activating group) is 1. The zero-order chi connectivity index (χ0) is 41.4. The number of allylic oxidation sites excluding steroid dienone is 10. The van der Waals surface area contributed by atoms with Gasteiger partial charge in [-0.25, -0.2) is 4.57 Å². The summed E-state index contributed by atoms with van der Waals surface area (Å²) in [7, 11) is 1.44. The van der Waals surface area contributed by atoms with Crippen molar-refractivity contribution in [1.82, 2.24) is 0 Å². The number of phosphoric acid groups is 1. The Kier molecular flexibility index (Phi) is 36.7. The number of unbranched alkanes of at least 4 members (excludes halogenated alkanes) is 15. The zero-order valence-corrected chi connectivity index (χ0v) is 37.2. The van der Waals surface area contributed by atoms with Crippen LogP contribution in [0, 0.1) is 0 Å². The van der Waals surface area contributed by atoms with Gasteiger partial charge in [0.05, 0.1) is 27.7 Å². The van der Waals surface area contributed by atoms with E-state index in [0.717, 1.165) is 77.0 Å². The fourth-order valence-corrected chi connectivity index (χ4v) is 6.27. The second kappa shape index (κ2) is 38.2. The van der Waals surface area contributed by atoms with E-state index >= 15 is 0 Å². The fourth-order valence-electron chi connectivity index (χ4n) is 5.53. The predicted molar refractivity (Wildman–Crippen MR) is 233 cm³/mol. The van der Waals surface area contributed by atoms with Crippen molar-refractivity contribution >= 4 is 19.8 Å². The summed E-state index contributed by atoms with van der Waals surface area (Å²) in [6.07, 6.45) is 45.5. The molecule has 0 rings (SSSR count). The van der Waals surface area contributed by atoms with Crippen LogP contribution in [0.3, 0.4) is 0 Å². The van der Waals surface area contributed by atoms with Crippen LogP contribution in [-0.2, 0) is 32.7 Å². The van der Waals surface area contributed by atoms with E-state index in [9.17, 15) is 19.0 Å². The molecular weight excluding hydrogens is 725 g/mol. The highest BCUT2D eigenvalue weighted by Crippen LogP contribution is 2.43. The molecule has 0 aromatic carbocycles. The third kappa shape index (κ3) is 41.3. The van der Waals surface area contributed by atoms with Crippen LogP contribution >= 0.6 is 7.82 Å². The number of carbonyl (C=O) groups is 2. The van der Waals surface area contributed by atoms with Gasteiger partial charge in [0.2, 0.25) is 0 Å². The smallest absolute Gasteiger partial charge is 0.462 e. The molecule has 0 saturated heterocycles. The molecule has 0 aliphatic rings. The first-order valence-corrected chi connectivity index (χ1v) is 23.5. The number of esters is 2. The molecule has 1 unspecified atom stereocenters. The number of carbonyl (C=O) groups excluding carboxylic acids is 2. The van der Waals surface area contributed by atoms with E-state index in [-0.39, 0.29) is 26.1 Å². The van der Waals surface area contributed by atoms with Gasteiger partial charge >= 0.3 is 19.8 Å². The molecule has 2 atom stereocenters. The normalized spacial score (nSPS) is 14.2. The Bertz CT molecular complexity index is 1140. The van der Waals surface area contributed by atoms with Crippen LogP contribution in [-0.4, -0.2) is 74.9 Å². The maximum absolute atomic E-state index is 12.7. The van der Waals surface area contributed by atoms with Gasteiger partial charge in [0, 0.05) is 12.8 Å². The topological polar surface area (TPSA) is 108 Å². The van der Waals surface area contributed by atoms with Crippen molar-refractivity contribution in [2.45, 2.75) is 174 Å². The Morgan fingerprint density at radius 2 is 1.00 bits per heavy atom. The van der Waals surface area contributed by atoms with Crippen LogP contribution in [0.1, 0.15) is 168 Å². The van der Waals surface area contributed by atoms with Gasteiger partial charge in [-0.3, -0.25) is 18.6 Å². The molecule has 9 nitrogen and oxygen atoms in total. The van der Waals surface area contributed by atoms with Gasteiger partial charge in [-0.2, -0.15) is 0 Å². The summed E-state index contributed by atoms with van der Waals surface area (Å²) in [4.78, 5) is 35.3. The number of hydrogen-bond acceptors (Lipinski definition) is 7. The molecule has 324 valence electrons. The Labute approximate surface area is 343 Å². The van der Waals surface area contributed by atoms with Gasteiger partial charge in [0.15, 0.2) is 6.10 Å². The van der Waals surface area contributed by atoms with Crippen molar-refractivity contribution in [1.29, 1.82) is 0 Å². The molecule has 0 aliphatic carbocycles. The summed E-state index contributed by atoms with van der Waals surface area (Å²) >= 11 is 0. The minimum absolute atomic E-state index is 0.0224. The van der Waals surface area contributed by atoms with Crippen molar-refractivity contribution < 1.29 is 42.1 Å². The Morgan fingerprint density at radius 1 is 0.554 bits per heavy atom. The molecule has 0 aromatic heterocycles. The van der Waals surface area contributed by atoms with Crippen molar-refractivity contribution in [3.05, 3.63) is 60.8 Å². The van der Waals surface area contributed by atoms with Crippen molar-refractivity contribution in [2.24, 2.45) is 0 Å². The Morgan fingerprint density at radius 3 is 1.54 bits per heavy atom. The average molecular weight is 809 g/mol. The van der Waals surface area contributed by atoms with Crippen LogP contribution in [0.4, 0.5) is 0 Å². The molecule has 0 saturated carbocycles. The minimum atomic E-state index is -4.39. The standard InChI is InChI=1S/C46H82NO8P/c1-6-8-10-12-14-16-18-20-22-23-25-26-28-30-32-34-36-38-45(48)52-42-44(43-54-56(50,51)53-41-40-47(3,4)5)55-46(49)39-37-35-33-31-29-27-24-21-19-17-15-13-11-9-7-2/h10,12,16,18,21-24,26,28,44H,6-9,11,13-15,17,19-20,25,27,29-43H2,1-5H3/p+1/b12-10+,18-16+,23-22+,24-21+,28-26+/t44-/m1/s1. The highest BCUT2D eigenvalue weighted by molar-refractivity contribution is 7.47. The summed E-state index contributed by atoms with van der Waals surface area (Å²) in [5.74, 6) is -0.849. The quantitative estimate of drug-likeness (QED) is 0.0215. The Hall–Kier alpha value is -2.29. The molecule has 0 bridgehead atoms. The third-order valence-corrected chi connectivity index (χ3v) is 9.99. The van der Waals surface area contributed by atoms with E-state index in [0.29, 0.717) is 23.9 Å². The molecule has 10 heteroatoms. The average Bonchev–Trinajstić information content (AvgIpc) is 3.15. The van der Waals surface area contributed by atoms with Crippen LogP contribution in [0.25, 0.3) is 0 Å². The summed E-state index contributed by atoms with van der Waals surface area (Å²) in [6, 6.07) is 0. The minimum Gasteiger partial charge on any atom is -0.462 e. The molecule has 0 aromatic rings. The van der Waals surface area contributed by atoms with E-state index in [1.165, 1.54) is 51.4 Å². The zero-order valence-electron chi connectivity index (χ0n) is 36.3. The molecule has 0 radical (unpaired) electrons.